The number of aromatic nitrogens is 2. The average Bonchev–Trinajstić information content (AvgIpc) is 2.53. The minimum atomic E-state index is -0.410. The molecule has 0 aliphatic heterocycles. The van der Waals surface area contributed by atoms with E-state index in [9.17, 15) is 9.18 Å². The van der Waals surface area contributed by atoms with Crippen molar-refractivity contribution >= 4 is 11.7 Å². The summed E-state index contributed by atoms with van der Waals surface area (Å²) in [6, 6.07) is 8.74. The van der Waals surface area contributed by atoms with Crippen LogP contribution in [0.15, 0.2) is 36.5 Å². The molecule has 7 heteroatoms. The number of halogens is 1. The summed E-state index contributed by atoms with van der Waals surface area (Å²) in [7, 11) is 0. The molecule has 1 heterocycles. The molecule has 0 aliphatic rings. The molecule has 0 saturated carbocycles. The van der Waals surface area contributed by atoms with Crippen LogP contribution in [-0.2, 0) is 0 Å². The van der Waals surface area contributed by atoms with Gasteiger partial charge in [-0.05, 0) is 29.7 Å². The first kappa shape index (κ1) is 17.3. The summed E-state index contributed by atoms with van der Waals surface area (Å²) in [6.45, 7) is 6.49. The van der Waals surface area contributed by atoms with Crippen LogP contribution in [0.2, 0.25) is 0 Å². The predicted molar refractivity (Wildman–Crippen MR) is 87.4 cm³/mol. The normalized spacial score (nSPS) is 10.8. The molecule has 0 saturated heterocycles. The summed E-state index contributed by atoms with van der Waals surface area (Å²) in [5.74, 6) is -0.377. The van der Waals surface area contributed by atoms with Crippen molar-refractivity contribution in [1.29, 1.82) is 5.26 Å². The first-order valence-corrected chi connectivity index (χ1v) is 7.36. The van der Waals surface area contributed by atoms with E-state index in [4.69, 9.17) is 5.26 Å². The van der Waals surface area contributed by atoms with Crippen molar-refractivity contribution in [2.75, 3.05) is 11.6 Å². The van der Waals surface area contributed by atoms with Crippen molar-refractivity contribution in [3.8, 4) is 6.07 Å². The largest absolute Gasteiger partial charge is 0.269 e. The zero-order chi connectivity index (χ0) is 17.7. The highest BCUT2D eigenvalue weighted by Crippen LogP contribution is 2.19. The second kappa shape index (κ2) is 7.04. The number of anilines is 1. The van der Waals surface area contributed by atoms with Crippen molar-refractivity contribution < 1.29 is 9.18 Å². The monoisotopic (exact) mass is 327 g/mol. The Kier molecular flexibility index (Phi) is 5.09. The summed E-state index contributed by atoms with van der Waals surface area (Å²) in [6.07, 6.45) is 1.46. The summed E-state index contributed by atoms with van der Waals surface area (Å²) in [5, 5.41) is 10.5. The van der Waals surface area contributed by atoms with Gasteiger partial charge in [0, 0.05) is 24.4 Å². The van der Waals surface area contributed by atoms with Crippen LogP contribution in [-0.4, -0.2) is 22.4 Å². The number of benzene rings is 1. The lowest BCUT2D eigenvalue weighted by molar-refractivity contribution is 0.0945. The Labute approximate surface area is 139 Å². The Morgan fingerprint density at radius 1 is 1.29 bits per heavy atom. The molecule has 1 N–H and O–H groups in total. The molecule has 0 bridgehead atoms. The quantitative estimate of drug-likeness (QED) is 0.873. The second-order valence-corrected chi connectivity index (χ2v) is 6.44. The predicted octanol–water partition coefficient (Wildman–Crippen LogP) is 2.68. The smallest absolute Gasteiger partial charge is 0.267 e. The molecule has 2 aromatic rings. The number of amides is 1. The first-order valence-electron chi connectivity index (χ1n) is 7.36. The fourth-order valence-corrected chi connectivity index (χ4v) is 1.99. The van der Waals surface area contributed by atoms with E-state index in [2.05, 4.69) is 15.4 Å². The van der Waals surface area contributed by atoms with Crippen molar-refractivity contribution in [2.45, 2.75) is 20.8 Å². The molecular weight excluding hydrogens is 309 g/mol. The van der Waals surface area contributed by atoms with Crippen molar-refractivity contribution in [3.05, 3.63) is 53.7 Å². The van der Waals surface area contributed by atoms with Gasteiger partial charge < -0.3 is 0 Å². The average molecular weight is 327 g/mol. The Balaban J connectivity index is 2.27. The molecule has 0 atom stereocenters. The number of carbonyl (C=O) groups is 1. The maximum atomic E-state index is 13.0. The van der Waals surface area contributed by atoms with Crippen LogP contribution in [0.1, 0.15) is 37.0 Å². The lowest BCUT2D eigenvalue weighted by atomic mass is 9.97. The van der Waals surface area contributed by atoms with E-state index >= 15 is 0 Å². The number of nitriles is 1. The van der Waals surface area contributed by atoms with E-state index in [1.165, 1.54) is 30.5 Å². The summed E-state index contributed by atoms with van der Waals surface area (Å²) >= 11 is 0. The number of nitrogens with one attached hydrogen (secondary N) is 1. The Morgan fingerprint density at radius 2 is 1.96 bits per heavy atom. The van der Waals surface area contributed by atoms with Gasteiger partial charge in [0.05, 0.1) is 0 Å². The van der Waals surface area contributed by atoms with Crippen molar-refractivity contribution in [2.24, 2.45) is 5.41 Å². The minimum absolute atomic E-state index is 0.0161. The van der Waals surface area contributed by atoms with E-state index < -0.39 is 11.7 Å². The summed E-state index contributed by atoms with van der Waals surface area (Å²) in [4.78, 5) is 20.3. The zero-order valence-electron chi connectivity index (χ0n) is 13.7. The van der Waals surface area contributed by atoms with E-state index in [1.807, 2.05) is 26.8 Å². The molecule has 0 fully saturated rings. The third-order valence-corrected chi connectivity index (χ3v) is 2.99. The minimum Gasteiger partial charge on any atom is -0.267 e. The Bertz CT molecular complexity index is 762. The molecule has 24 heavy (non-hydrogen) atoms. The molecule has 2 rings (SSSR count). The Morgan fingerprint density at radius 3 is 2.54 bits per heavy atom. The zero-order valence-corrected chi connectivity index (χ0v) is 13.7. The molecule has 0 radical (unpaired) electrons. The molecule has 0 unspecified atom stereocenters. The lowest BCUT2D eigenvalue weighted by Crippen LogP contribution is -2.47. The van der Waals surface area contributed by atoms with Crippen molar-refractivity contribution in [3.63, 3.8) is 0 Å². The molecule has 1 aromatic heterocycles. The van der Waals surface area contributed by atoms with Gasteiger partial charge in [0.15, 0.2) is 5.82 Å². The molecule has 1 amide bonds. The van der Waals surface area contributed by atoms with E-state index in [1.54, 1.807) is 11.1 Å². The van der Waals surface area contributed by atoms with E-state index in [0.717, 1.165) is 0 Å². The number of nitrogens with zero attached hydrogens (tertiary/aromatic N) is 4. The SMILES string of the molecule is CC(C)(C)CN(NC(=O)c1ccc(F)cc1)c1ccnc(C#N)n1. The van der Waals surface area contributed by atoms with Crippen LogP contribution < -0.4 is 10.4 Å². The van der Waals surface area contributed by atoms with Gasteiger partial charge >= 0.3 is 0 Å². The van der Waals surface area contributed by atoms with Gasteiger partial charge in [-0.15, -0.1) is 0 Å². The number of hydrogen-bond acceptors (Lipinski definition) is 5. The summed E-state index contributed by atoms with van der Waals surface area (Å²) < 4.78 is 13.0. The number of hydrogen-bond donors (Lipinski definition) is 1. The number of carbonyl (C=O) groups excluding carboxylic acids is 1. The Hall–Kier alpha value is -3.01. The van der Waals surface area contributed by atoms with Gasteiger partial charge in [0.2, 0.25) is 5.82 Å². The van der Waals surface area contributed by atoms with Gasteiger partial charge in [-0.1, -0.05) is 20.8 Å². The first-order chi connectivity index (χ1) is 11.3. The van der Waals surface area contributed by atoms with Crippen LogP contribution in [0.25, 0.3) is 0 Å². The standard InChI is InChI=1S/C17H18FN5O/c1-17(2,3)11-23(15-8-9-20-14(10-19)21-15)22-16(24)12-4-6-13(18)7-5-12/h4-9H,11H2,1-3H3,(H,22,24). The highest BCUT2D eigenvalue weighted by Gasteiger charge is 2.21. The van der Waals surface area contributed by atoms with Crippen LogP contribution in [0.5, 0.6) is 0 Å². The van der Waals surface area contributed by atoms with Gasteiger partial charge in [-0.2, -0.15) is 10.2 Å². The molecule has 6 nitrogen and oxygen atoms in total. The highest BCUT2D eigenvalue weighted by atomic mass is 19.1. The lowest BCUT2D eigenvalue weighted by Gasteiger charge is -2.30. The molecular formula is C17H18FN5O. The fraction of sp³-hybridized carbons (Fsp3) is 0.294. The molecule has 1 aromatic carbocycles. The summed E-state index contributed by atoms with van der Waals surface area (Å²) in [5.41, 5.74) is 2.93. The van der Waals surface area contributed by atoms with Crippen LogP contribution >= 0.6 is 0 Å². The van der Waals surface area contributed by atoms with Gasteiger partial charge in [0.25, 0.3) is 5.91 Å². The highest BCUT2D eigenvalue weighted by molar-refractivity contribution is 5.94. The molecule has 0 aliphatic carbocycles. The van der Waals surface area contributed by atoms with Crippen molar-refractivity contribution in [1.82, 2.24) is 15.4 Å². The van der Waals surface area contributed by atoms with Gasteiger partial charge in [-0.25, -0.2) is 9.37 Å². The number of rotatable bonds is 4. The van der Waals surface area contributed by atoms with E-state index in [-0.39, 0.29) is 11.2 Å². The maximum Gasteiger partial charge on any atom is 0.269 e. The maximum absolute atomic E-state index is 13.0. The third kappa shape index (κ3) is 4.74. The van der Waals surface area contributed by atoms with Crippen LogP contribution in [0.4, 0.5) is 10.2 Å². The molecule has 0 spiro atoms. The van der Waals surface area contributed by atoms with Crippen LogP contribution in [0, 0.1) is 22.6 Å². The topological polar surface area (TPSA) is 81.9 Å². The van der Waals surface area contributed by atoms with E-state index in [0.29, 0.717) is 17.9 Å². The van der Waals surface area contributed by atoms with Gasteiger partial charge in [0.1, 0.15) is 11.9 Å². The molecule has 124 valence electrons. The third-order valence-electron chi connectivity index (χ3n) is 2.99. The van der Waals surface area contributed by atoms with Gasteiger partial charge in [-0.3, -0.25) is 15.2 Å². The second-order valence-electron chi connectivity index (χ2n) is 6.44. The fourth-order valence-electron chi connectivity index (χ4n) is 1.99. The number of hydrazine groups is 1. The van der Waals surface area contributed by atoms with Crippen LogP contribution in [0.3, 0.4) is 0 Å².